The van der Waals surface area contributed by atoms with Gasteiger partial charge >= 0.3 is 0 Å². The highest BCUT2D eigenvalue weighted by atomic mass is 79.9. The van der Waals surface area contributed by atoms with Crippen molar-refractivity contribution >= 4 is 15.9 Å². The van der Waals surface area contributed by atoms with Crippen LogP contribution in [0.4, 0.5) is 0 Å². The van der Waals surface area contributed by atoms with Gasteiger partial charge in [-0.15, -0.1) is 0 Å². The molecule has 0 aromatic heterocycles. The number of hydrogen-bond donors (Lipinski definition) is 1. The molecule has 1 atom stereocenters. The number of rotatable bonds is 4. The summed E-state index contributed by atoms with van der Waals surface area (Å²) in [6.45, 7) is 8.78. The van der Waals surface area contributed by atoms with Crippen LogP contribution in [0, 0.1) is 5.92 Å². The summed E-state index contributed by atoms with van der Waals surface area (Å²) in [6, 6.07) is 6.80. The van der Waals surface area contributed by atoms with Crippen molar-refractivity contribution < 1.29 is 4.74 Å². The van der Waals surface area contributed by atoms with Crippen LogP contribution >= 0.6 is 15.9 Å². The second-order valence-electron chi connectivity index (χ2n) is 5.50. The Kier molecular flexibility index (Phi) is 5.25. The van der Waals surface area contributed by atoms with E-state index < -0.39 is 0 Å². The monoisotopic (exact) mass is 326 g/mol. The fourth-order valence-electron chi connectivity index (χ4n) is 2.54. The number of methoxy groups -OCH3 is 1. The molecule has 19 heavy (non-hydrogen) atoms. The fraction of sp³-hybridized carbons (Fsp3) is 0.600. The Morgan fingerprint density at radius 2 is 2.26 bits per heavy atom. The van der Waals surface area contributed by atoms with Crippen LogP contribution in [-0.2, 0) is 6.54 Å². The predicted molar refractivity (Wildman–Crippen MR) is 82.6 cm³/mol. The van der Waals surface area contributed by atoms with Crippen LogP contribution in [-0.4, -0.2) is 37.7 Å². The summed E-state index contributed by atoms with van der Waals surface area (Å²) in [4.78, 5) is 2.51. The van der Waals surface area contributed by atoms with Gasteiger partial charge in [0.15, 0.2) is 0 Å². The van der Waals surface area contributed by atoms with Crippen LogP contribution in [0.5, 0.6) is 5.75 Å². The largest absolute Gasteiger partial charge is 0.496 e. The molecule has 0 saturated carbocycles. The molecule has 0 bridgehead atoms. The van der Waals surface area contributed by atoms with Gasteiger partial charge in [0.05, 0.1) is 7.11 Å². The lowest BCUT2D eigenvalue weighted by Crippen LogP contribution is -2.52. The van der Waals surface area contributed by atoms with E-state index in [0.717, 1.165) is 36.4 Å². The van der Waals surface area contributed by atoms with Crippen molar-refractivity contribution in [3.8, 4) is 5.75 Å². The third-order valence-electron chi connectivity index (χ3n) is 3.73. The molecule has 1 aliphatic rings. The first-order chi connectivity index (χ1) is 9.10. The molecule has 1 N–H and O–H groups in total. The minimum Gasteiger partial charge on any atom is -0.496 e. The van der Waals surface area contributed by atoms with E-state index in [1.165, 1.54) is 5.56 Å². The molecule has 1 saturated heterocycles. The van der Waals surface area contributed by atoms with Gasteiger partial charge in [0.2, 0.25) is 0 Å². The van der Waals surface area contributed by atoms with E-state index in [9.17, 15) is 0 Å². The van der Waals surface area contributed by atoms with Gasteiger partial charge in [-0.3, -0.25) is 4.90 Å². The summed E-state index contributed by atoms with van der Waals surface area (Å²) in [6.07, 6.45) is 0. The molecule has 0 amide bonds. The SMILES string of the molecule is COc1ccc(Br)cc1CN1CCNC(C(C)C)C1. The van der Waals surface area contributed by atoms with Gasteiger partial charge in [0.25, 0.3) is 0 Å². The lowest BCUT2D eigenvalue weighted by atomic mass is 10.0. The summed E-state index contributed by atoms with van der Waals surface area (Å²) in [7, 11) is 1.74. The fourth-order valence-corrected chi connectivity index (χ4v) is 2.95. The van der Waals surface area contributed by atoms with Crippen molar-refractivity contribution in [1.82, 2.24) is 10.2 Å². The minimum absolute atomic E-state index is 0.590. The molecule has 1 heterocycles. The van der Waals surface area contributed by atoms with Crippen molar-refractivity contribution in [2.24, 2.45) is 5.92 Å². The van der Waals surface area contributed by atoms with Gasteiger partial charge in [-0.1, -0.05) is 29.8 Å². The molecular weight excluding hydrogens is 304 g/mol. The van der Waals surface area contributed by atoms with Crippen molar-refractivity contribution in [3.05, 3.63) is 28.2 Å². The zero-order valence-electron chi connectivity index (χ0n) is 11.9. The standard InChI is InChI=1S/C15H23BrN2O/c1-11(2)14-10-18(7-6-17-14)9-12-8-13(16)4-5-15(12)19-3/h4-5,8,11,14,17H,6-7,9-10H2,1-3H3. The van der Waals surface area contributed by atoms with E-state index in [1.807, 2.05) is 12.1 Å². The van der Waals surface area contributed by atoms with Crippen molar-refractivity contribution in [2.75, 3.05) is 26.7 Å². The summed E-state index contributed by atoms with van der Waals surface area (Å²) in [5.74, 6) is 1.65. The van der Waals surface area contributed by atoms with Crippen LogP contribution in [0.1, 0.15) is 19.4 Å². The average molecular weight is 327 g/mol. The van der Waals surface area contributed by atoms with Crippen molar-refractivity contribution in [3.63, 3.8) is 0 Å². The third-order valence-corrected chi connectivity index (χ3v) is 4.22. The molecule has 0 radical (unpaired) electrons. The van der Waals surface area contributed by atoms with Gasteiger partial charge in [-0.25, -0.2) is 0 Å². The highest BCUT2D eigenvalue weighted by Crippen LogP contribution is 2.25. The number of benzene rings is 1. The van der Waals surface area contributed by atoms with Crippen molar-refractivity contribution in [1.29, 1.82) is 0 Å². The van der Waals surface area contributed by atoms with Crippen LogP contribution in [0.3, 0.4) is 0 Å². The summed E-state index contributed by atoms with van der Waals surface area (Å²) in [5, 5.41) is 3.59. The third kappa shape index (κ3) is 3.94. The Morgan fingerprint density at radius 1 is 1.47 bits per heavy atom. The second kappa shape index (κ2) is 6.73. The molecule has 3 nitrogen and oxygen atoms in total. The topological polar surface area (TPSA) is 24.5 Å². The predicted octanol–water partition coefficient (Wildman–Crippen LogP) is 2.89. The van der Waals surface area contributed by atoms with Gasteiger partial charge in [-0.2, -0.15) is 0 Å². The molecular formula is C15H23BrN2O. The van der Waals surface area contributed by atoms with E-state index in [2.05, 4.69) is 46.1 Å². The van der Waals surface area contributed by atoms with E-state index >= 15 is 0 Å². The zero-order valence-corrected chi connectivity index (χ0v) is 13.5. The number of hydrogen-bond acceptors (Lipinski definition) is 3. The number of halogens is 1. The Bertz CT molecular complexity index is 423. The normalized spacial score (nSPS) is 20.8. The Labute approximate surface area is 124 Å². The second-order valence-corrected chi connectivity index (χ2v) is 6.41. The van der Waals surface area contributed by atoms with Crippen LogP contribution < -0.4 is 10.1 Å². The first kappa shape index (κ1) is 14.8. The molecule has 106 valence electrons. The smallest absolute Gasteiger partial charge is 0.123 e. The number of piperazine rings is 1. The minimum atomic E-state index is 0.590. The highest BCUT2D eigenvalue weighted by Gasteiger charge is 2.22. The van der Waals surface area contributed by atoms with E-state index in [1.54, 1.807) is 7.11 Å². The van der Waals surface area contributed by atoms with Gasteiger partial charge in [-0.05, 0) is 24.1 Å². The zero-order chi connectivity index (χ0) is 13.8. The Morgan fingerprint density at radius 3 is 2.95 bits per heavy atom. The van der Waals surface area contributed by atoms with Gasteiger partial charge in [0.1, 0.15) is 5.75 Å². The molecule has 0 spiro atoms. The molecule has 2 rings (SSSR count). The summed E-state index contributed by atoms with van der Waals surface area (Å²) < 4.78 is 6.56. The molecule has 1 aromatic carbocycles. The van der Waals surface area contributed by atoms with Gasteiger partial charge in [0, 0.05) is 42.3 Å². The quantitative estimate of drug-likeness (QED) is 0.920. The first-order valence-electron chi connectivity index (χ1n) is 6.88. The maximum Gasteiger partial charge on any atom is 0.123 e. The number of nitrogens with zero attached hydrogens (tertiary/aromatic N) is 1. The van der Waals surface area contributed by atoms with E-state index in [4.69, 9.17) is 4.74 Å². The number of ether oxygens (including phenoxy) is 1. The van der Waals surface area contributed by atoms with Crippen molar-refractivity contribution in [2.45, 2.75) is 26.4 Å². The molecule has 1 unspecified atom stereocenters. The van der Waals surface area contributed by atoms with Gasteiger partial charge < -0.3 is 10.1 Å². The molecule has 4 heteroatoms. The van der Waals surface area contributed by atoms with Crippen LogP contribution in [0.2, 0.25) is 0 Å². The van der Waals surface area contributed by atoms with Crippen LogP contribution in [0.15, 0.2) is 22.7 Å². The summed E-state index contributed by atoms with van der Waals surface area (Å²) in [5.41, 5.74) is 1.25. The Hall–Kier alpha value is -0.580. The van der Waals surface area contributed by atoms with E-state index in [-0.39, 0.29) is 0 Å². The highest BCUT2D eigenvalue weighted by molar-refractivity contribution is 9.10. The lowest BCUT2D eigenvalue weighted by molar-refractivity contribution is 0.167. The molecule has 1 fully saturated rings. The molecule has 1 aromatic rings. The first-order valence-corrected chi connectivity index (χ1v) is 7.67. The Balaban J connectivity index is 2.06. The van der Waals surface area contributed by atoms with E-state index in [0.29, 0.717) is 12.0 Å². The molecule has 0 aliphatic carbocycles. The average Bonchev–Trinajstić information content (AvgIpc) is 2.39. The maximum atomic E-state index is 5.45. The maximum absolute atomic E-state index is 5.45. The summed E-state index contributed by atoms with van der Waals surface area (Å²) >= 11 is 3.54. The lowest BCUT2D eigenvalue weighted by Gasteiger charge is -2.36. The van der Waals surface area contributed by atoms with Crippen LogP contribution in [0.25, 0.3) is 0 Å². The number of nitrogens with one attached hydrogen (secondary N) is 1. The molecule has 1 aliphatic heterocycles.